The first kappa shape index (κ1) is 15.6. The predicted molar refractivity (Wildman–Crippen MR) is 82.6 cm³/mol. The van der Waals surface area contributed by atoms with Gasteiger partial charge in [-0.15, -0.1) is 0 Å². The van der Waals surface area contributed by atoms with Crippen molar-refractivity contribution in [2.75, 3.05) is 13.1 Å². The number of likely N-dealkylation sites (N-methyl/N-ethyl adjacent to an activating group) is 1. The van der Waals surface area contributed by atoms with Crippen LogP contribution in [0, 0.1) is 5.92 Å². The zero-order chi connectivity index (χ0) is 14.6. The Morgan fingerprint density at radius 2 is 2.00 bits per heavy atom. The molecule has 2 atom stereocenters. The van der Waals surface area contributed by atoms with Crippen molar-refractivity contribution in [1.82, 2.24) is 10.2 Å². The second-order valence-corrected chi connectivity index (χ2v) is 6.81. The normalized spacial score (nSPS) is 31.2. The first-order chi connectivity index (χ1) is 9.61. The number of hydrogen-bond acceptors (Lipinski definition) is 2. The van der Waals surface area contributed by atoms with Crippen LogP contribution in [0.25, 0.3) is 0 Å². The minimum Gasteiger partial charge on any atom is -0.335 e. The highest BCUT2D eigenvalue weighted by Gasteiger charge is 2.41. The molecule has 20 heavy (non-hydrogen) atoms. The number of amides is 2. The van der Waals surface area contributed by atoms with E-state index in [9.17, 15) is 4.79 Å². The Hall–Kier alpha value is -0.770. The van der Waals surface area contributed by atoms with Gasteiger partial charge in [-0.25, -0.2) is 4.79 Å². The van der Waals surface area contributed by atoms with Gasteiger partial charge in [0.2, 0.25) is 0 Å². The number of nitrogens with one attached hydrogen (secondary N) is 1. The van der Waals surface area contributed by atoms with Crippen LogP contribution in [0.1, 0.15) is 65.2 Å². The maximum absolute atomic E-state index is 12.7. The molecule has 4 nitrogen and oxygen atoms in total. The fourth-order valence-electron chi connectivity index (χ4n) is 4.19. The summed E-state index contributed by atoms with van der Waals surface area (Å²) in [7, 11) is 0. The maximum Gasteiger partial charge on any atom is 0.318 e. The van der Waals surface area contributed by atoms with E-state index in [4.69, 9.17) is 5.73 Å². The molecule has 0 heterocycles. The highest BCUT2D eigenvalue weighted by molar-refractivity contribution is 5.75. The second kappa shape index (κ2) is 6.79. The largest absolute Gasteiger partial charge is 0.335 e. The van der Waals surface area contributed by atoms with Crippen LogP contribution in [0.4, 0.5) is 4.79 Å². The van der Waals surface area contributed by atoms with Crippen molar-refractivity contribution in [1.29, 1.82) is 0 Å². The third-order valence-electron chi connectivity index (χ3n) is 5.26. The molecule has 4 heteroatoms. The number of carbonyl (C=O) groups is 1. The van der Waals surface area contributed by atoms with E-state index >= 15 is 0 Å². The van der Waals surface area contributed by atoms with Crippen LogP contribution in [-0.4, -0.2) is 35.6 Å². The van der Waals surface area contributed by atoms with Crippen LogP contribution in [0.2, 0.25) is 0 Å². The van der Waals surface area contributed by atoms with Gasteiger partial charge in [0.15, 0.2) is 0 Å². The van der Waals surface area contributed by atoms with Gasteiger partial charge >= 0.3 is 6.03 Å². The summed E-state index contributed by atoms with van der Waals surface area (Å²) < 4.78 is 0. The van der Waals surface area contributed by atoms with E-state index in [-0.39, 0.29) is 11.6 Å². The molecule has 2 fully saturated rings. The van der Waals surface area contributed by atoms with E-state index in [0.29, 0.717) is 18.5 Å². The third kappa shape index (κ3) is 3.27. The molecule has 116 valence electrons. The molecule has 0 saturated heterocycles. The van der Waals surface area contributed by atoms with Gasteiger partial charge in [0.1, 0.15) is 0 Å². The van der Waals surface area contributed by atoms with E-state index in [1.54, 1.807) is 0 Å². The minimum atomic E-state index is -0.116. The van der Waals surface area contributed by atoms with E-state index < -0.39 is 0 Å². The topological polar surface area (TPSA) is 58.4 Å². The molecule has 2 aliphatic rings. The second-order valence-electron chi connectivity index (χ2n) is 6.81. The third-order valence-corrected chi connectivity index (χ3v) is 5.26. The fraction of sp³-hybridized carbons (Fsp3) is 0.938. The molecule has 0 aromatic carbocycles. The van der Waals surface area contributed by atoms with Crippen molar-refractivity contribution in [2.45, 2.75) is 76.8 Å². The lowest BCUT2D eigenvalue weighted by atomic mass is 9.75. The first-order valence-electron chi connectivity index (χ1n) is 8.39. The zero-order valence-corrected chi connectivity index (χ0v) is 13.2. The highest BCUT2D eigenvalue weighted by atomic mass is 16.2. The molecule has 0 bridgehead atoms. The number of rotatable bonds is 4. The Labute approximate surface area is 123 Å². The summed E-state index contributed by atoms with van der Waals surface area (Å²) in [5.41, 5.74) is 5.99. The molecule has 0 radical (unpaired) electrons. The van der Waals surface area contributed by atoms with Gasteiger partial charge in [-0.2, -0.15) is 0 Å². The zero-order valence-electron chi connectivity index (χ0n) is 13.2. The summed E-state index contributed by atoms with van der Waals surface area (Å²) in [5, 5.41) is 3.23. The number of nitrogens with zero attached hydrogens (tertiary/aromatic N) is 1. The van der Waals surface area contributed by atoms with Crippen LogP contribution < -0.4 is 11.1 Å². The van der Waals surface area contributed by atoms with Gasteiger partial charge < -0.3 is 16.0 Å². The molecule has 0 aromatic rings. The molecular weight excluding hydrogens is 250 g/mol. The van der Waals surface area contributed by atoms with Crippen LogP contribution in [0.3, 0.4) is 0 Å². The molecule has 2 rings (SSSR count). The van der Waals surface area contributed by atoms with Crippen LogP contribution in [0.15, 0.2) is 0 Å². The average molecular weight is 281 g/mol. The average Bonchev–Trinajstić information content (AvgIpc) is 2.92. The molecule has 0 aromatic heterocycles. The van der Waals surface area contributed by atoms with Crippen molar-refractivity contribution >= 4 is 6.03 Å². The van der Waals surface area contributed by atoms with Gasteiger partial charge in [0, 0.05) is 19.1 Å². The summed E-state index contributed by atoms with van der Waals surface area (Å²) in [6.07, 6.45) is 9.32. The van der Waals surface area contributed by atoms with E-state index in [1.807, 2.05) is 4.90 Å². The molecule has 0 spiro atoms. The Morgan fingerprint density at radius 3 is 2.55 bits per heavy atom. The predicted octanol–water partition coefficient (Wildman–Crippen LogP) is 2.87. The van der Waals surface area contributed by atoms with E-state index in [0.717, 1.165) is 32.2 Å². The van der Waals surface area contributed by atoms with Crippen LogP contribution in [0.5, 0.6) is 0 Å². The lowest BCUT2D eigenvalue weighted by molar-refractivity contribution is 0.0683. The van der Waals surface area contributed by atoms with E-state index in [2.05, 4.69) is 19.2 Å². The standard InChI is InChI=1S/C16H31N3O/c1-3-19(15(20)18-14-8-4-5-9-14)16(12-17)10-6-7-13(2)11-16/h13-14H,3-12,17H2,1-2H3,(H,18,20). The number of carbonyl (C=O) groups excluding carboxylic acids is 1. The van der Waals surface area contributed by atoms with Crippen molar-refractivity contribution in [3.63, 3.8) is 0 Å². The van der Waals surface area contributed by atoms with Gasteiger partial charge in [0.25, 0.3) is 0 Å². The fourth-order valence-corrected chi connectivity index (χ4v) is 4.19. The molecule has 2 unspecified atom stereocenters. The molecule has 0 aliphatic heterocycles. The summed E-state index contributed by atoms with van der Waals surface area (Å²) in [4.78, 5) is 14.7. The molecule has 3 N–H and O–H groups in total. The highest BCUT2D eigenvalue weighted by Crippen LogP contribution is 2.36. The van der Waals surface area contributed by atoms with Crippen LogP contribution in [-0.2, 0) is 0 Å². The van der Waals surface area contributed by atoms with Gasteiger partial charge in [-0.1, -0.05) is 32.6 Å². The summed E-state index contributed by atoms with van der Waals surface area (Å²) >= 11 is 0. The molecule has 2 amide bonds. The monoisotopic (exact) mass is 281 g/mol. The lowest BCUT2D eigenvalue weighted by Gasteiger charge is -2.47. The Kier molecular flexibility index (Phi) is 5.30. The molecule has 2 saturated carbocycles. The number of urea groups is 1. The van der Waals surface area contributed by atoms with Crippen LogP contribution >= 0.6 is 0 Å². The van der Waals surface area contributed by atoms with Gasteiger partial charge in [-0.05, 0) is 38.5 Å². The summed E-state index contributed by atoms with van der Waals surface area (Å²) in [6.45, 7) is 5.70. The van der Waals surface area contributed by atoms with Gasteiger partial charge in [0.05, 0.1) is 5.54 Å². The quantitative estimate of drug-likeness (QED) is 0.832. The van der Waals surface area contributed by atoms with Crippen molar-refractivity contribution < 1.29 is 4.79 Å². The van der Waals surface area contributed by atoms with E-state index in [1.165, 1.54) is 25.7 Å². The van der Waals surface area contributed by atoms with Crippen molar-refractivity contribution in [3.8, 4) is 0 Å². The Morgan fingerprint density at radius 1 is 1.30 bits per heavy atom. The SMILES string of the molecule is CCN(C(=O)NC1CCCC1)C1(CN)CCCC(C)C1. The maximum atomic E-state index is 12.7. The van der Waals surface area contributed by atoms with Gasteiger partial charge in [-0.3, -0.25) is 0 Å². The number of hydrogen-bond donors (Lipinski definition) is 2. The Bertz CT molecular complexity index is 328. The number of nitrogens with two attached hydrogens (primary N) is 1. The van der Waals surface area contributed by atoms with Crippen molar-refractivity contribution in [3.05, 3.63) is 0 Å². The Balaban J connectivity index is 2.05. The lowest BCUT2D eigenvalue weighted by Crippen LogP contribution is -2.61. The smallest absolute Gasteiger partial charge is 0.318 e. The molecular formula is C16H31N3O. The minimum absolute atomic E-state index is 0.110. The summed E-state index contributed by atoms with van der Waals surface area (Å²) in [6, 6.07) is 0.492. The first-order valence-corrected chi connectivity index (χ1v) is 8.39. The summed E-state index contributed by atoms with van der Waals surface area (Å²) in [5.74, 6) is 0.667. The molecule has 2 aliphatic carbocycles. The van der Waals surface area contributed by atoms with Crippen molar-refractivity contribution in [2.24, 2.45) is 11.7 Å².